The number of anilines is 1. The Labute approximate surface area is 138 Å². The van der Waals surface area contributed by atoms with Crippen LogP contribution in [0.4, 0.5) is 5.00 Å². The van der Waals surface area contributed by atoms with Crippen molar-refractivity contribution in [2.24, 2.45) is 0 Å². The summed E-state index contributed by atoms with van der Waals surface area (Å²) in [6.07, 6.45) is 5.05. The van der Waals surface area contributed by atoms with Crippen LogP contribution in [0, 0.1) is 0 Å². The van der Waals surface area contributed by atoms with E-state index >= 15 is 0 Å². The molecule has 2 N–H and O–H groups in total. The van der Waals surface area contributed by atoms with E-state index in [1.165, 1.54) is 28.8 Å². The number of carboxylic acids is 1. The van der Waals surface area contributed by atoms with Crippen molar-refractivity contribution >= 4 is 28.2 Å². The number of carboxylic acid groups (broad SMARTS) is 1. The Morgan fingerprint density at radius 3 is 2.65 bits per heavy atom. The zero-order chi connectivity index (χ0) is 16.0. The maximum absolute atomic E-state index is 12.1. The highest BCUT2D eigenvalue weighted by Crippen LogP contribution is 2.47. The second kappa shape index (κ2) is 5.49. The lowest BCUT2D eigenvalue weighted by atomic mass is 9.82. The fourth-order valence-corrected chi connectivity index (χ4v) is 5.03. The van der Waals surface area contributed by atoms with Crippen LogP contribution in [0.15, 0.2) is 24.3 Å². The molecule has 1 aromatic heterocycles. The van der Waals surface area contributed by atoms with Gasteiger partial charge in [0.15, 0.2) is 0 Å². The SMILES string of the molecule is O=C1C[C@H](c2ccc(C(=O)O)cc2)c2c(sc3c2CCCC3)N1. The Hall–Kier alpha value is -2.14. The minimum Gasteiger partial charge on any atom is -0.478 e. The number of aromatic carboxylic acids is 1. The molecule has 0 saturated carbocycles. The number of hydrogen-bond donors (Lipinski definition) is 2. The molecule has 0 fully saturated rings. The lowest BCUT2D eigenvalue weighted by Crippen LogP contribution is -2.23. The molecule has 2 aromatic rings. The molecule has 1 amide bonds. The van der Waals surface area contributed by atoms with E-state index in [2.05, 4.69) is 5.32 Å². The fourth-order valence-electron chi connectivity index (χ4n) is 3.66. The number of nitrogens with one attached hydrogen (secondary N) is 1. The maximum Gasteiger partial charge on any atom is 0.335 e. The summed E-state index contributed by atoms with van der Waals surface area (Å²) >= 11 is 1.72. The first-order chi connectivity index (χ1) is 11.1. The van der Waals surface area contributed by atoms with Gasteiger partial charge in [0, 0.05) is 17.2 Å². The van der Waals surface area contributed by atoms with E-state index in [9.17, 15) is 9.59 Å². The predicted octanol–water partition coefficient (Wildman–Crippen LogP) is 3.80. The van der Waals surface area contributed by atoms with Crippen molar-refractivity contribution in [3.8, 4) is 0 Å². The van der Waals surface area contributed by atoms with E-state index in [1.54, 1.807) is 23.5 Å². The van der Waals surface area contributed by atoms with E-state index in [4.69, 9.17) is 5.11 Å². The number of hydrogen-bond acceptors (Lipinski definition) is 3. The van der Waals surface area contributed by atoms with Gasteiger partial charge in [0.05, 0.1) is 10.6 Å². The molecule has 5 heteroatoms. The smallest absolute Gasteiger partial charge is 0.335 e. The molecule has 0 bridgehead atoms. The van der Waals surface area contributed by atoms with Gasteiger partial charge in [-0.05, 0) is 54.5 Å². The van der Waals surface area contributed by atoms with Crippen molar-refractivity contribution < 1.29 is 14.7 Å². The van der Waals surface area contributed by atoms with Gasteiger partial charge in [-0.25, -0.2) is 4.79 Å². The average Bonchev–Trinajstić information content (AvgIpc) is 2.92. The number of amides is 1. The van der Waals surface area contributed by atoms with Gasteiger partial charge < -0.3 is 10.4 Å². The van der Waals surface area contributed by atoms with E-state index in [0.29, 0.717) is 6.42 Å². The van der Waals surface area contributed by atoms with E-state index in [1.807, 2.05) is 12.1 Å². The van der Waals surface area contributed by atoms with Crippen LogP contribution in [0.5, 0.6) is 0 Å². The third-order valence-electron chi connectivity index (χ3n) is 4.76. The highest BCUT2D eigenvalue weighted by Gasteiger charge is 2.33. The van der Waals surface area contributed by atoms with E-state index in [-0.39, 0.29) is 17.4 Å². The van der Waals surface area contributed by atoms with Crippen molar-refractivity contribution in [3.63, 3.8) is 0 Å². The lowest BCUT2D eigenvalue weighted by molar-refractivity contribution is -0.116. The summed E-state index contributed by atoms with van der Waals surface area (Å²) in [4.78, 5) is 24.5. The monoisotopic (exact) mass is 327 g/mol. The van der Waals surface area contributed by atoms with E-state index < -0.39 is 5.97 Å². The molecule has 4 nitrogen and oxygen atoms in total. The summed E-state index contributed by atoms with van der Waals surface area (Å²) in [7, 11) is 0. The number of aryl methyl sites for hydroxylation is 1. The summed E-state index contributed by atoms with van der Waals surface area (Å²) in [6.45, 7) is 0. The van der Waals surface area contributed by atoms with Gasteiger partial charge in [0.1, 0.15) is 0 Å². The van der Waals surface area contributed by atoms with Crippen LogP contribution < -0.4 is 5.32 Å². The molecular weight excluding hydrogens is 310 g/mol. The Kier molecular flexibility index (Phi) is 3.45. The third kappa shape index (κ3) is 2.45. The second-order valence-corrected chi connectivity index (χ2v) is 7.29. The average molecular weight is 327 g/mol. The van der Waals surface area contributed by atoms with Gasteiger partial charge in [-0.3, -0.25) is 4.79 Å². The minimum absolute atomic E-state index is 0.0414. The van der Waals surface area contributed by atoms with Crippen molar-refractivity contribution in [2.45, 2.75) is 38.0 Å². The van der Waals surface area contributed by atoms with Crippen LogP contribution in [0.1, 0.15) is 57.1 Å². The standard InChI is InChI=1S/C18H17NO3S/c20-15-9-13(10-5-7-11(8-6-10)18(21)22)16-12-3-1-2-4-14(12)23-17(16)19-15/h5-8,13H,1-4,9H2,(H,19,20)(H,21,22)/t13-/m1/s1. The topological polar surface area (TPSA) is 66.4 Å². The molecule has 0 radical (unpaired) electrons. The van der Waals surface area contributed by atoms with Gasteiger partial charge in [0.25, 0.3) is 0 Å². The molecule has 0 saturated heterocycles. The van der Waals surface area contributed by atoms with Crippen LogP contribution in [0.25, 0.3) is 0 Å². The molecular formula is C18H17NO3S. The molecule has 23 heavy (non-hydrogen) atoms. The highest BCUT2D eigenvalue weighted by atomic mass is 32.1. The van der Waals surface area contributed by atoms with Gasteiger partial charge >= 0.3 is 5.97 Å². The first-order valence-corrected chi connectivity index (χ1v) is 8.72. The molecule has 2 heterocycles. The van der Waals surface area contributed by atoms with Crippen LogP contribution >= 0.6 is 11.3 Å². The normalized spacial score (nSPS) is 19.7. The summed E-state index contributed by atoms with van der Waals surface area (Å²) < 4.78 is 0. The van der Waals surface area contributed by atoms with Crippen LogP contribution in [0.2, 0.25) is 0 Å². The summed E-state index contributed by atoms with van der Waals surface area (Å²) in [5.74, 6) is -0.838. The zero-order valence-corrected chi connectivity index (χ0v) is 13.4. The number of fused-ring (bicyclic) bond motifs is 3. The Morgan fingerprint density at radius 1 is 1.17 bits per heavy atom. The molecule has 0 spiro atoms. The summed E-state index contributed by atoms with van der Waals surface area (Å²) in [6, 6.07) is 6.96. The summed E-state index contributed by atoms with van der Waals surface area (Å²) in [5, 5.41) is 13.1. The van der Waals surface area contributed by atoms with Crippen molar-refractivity contribution in [1.82, 2.24) is 0 Å². The fraction of sp³-hybridized carbons (Fsp3) is 0.333. The molecule has 4 rings (SSSR count). The second-order valence-electron chi connectivity index (χ2n) is 6.19. The van der Waals surface area contributed by atoms with Crippen molar-refractivity contribution in [2.75, 3.05) is 5.32 Å². The molecule has 1 aliphatic heterocycles. The molecule has 2 aliphatic rings. The third-order valence-corrected chi connectivity index (χ3v) is 5.99. The lowest BCUT2D eigenvalue weighted by Gasteiger charge is -2.25. The number of carbonyl (C=O) groups is 2. The van der Waals surface area contributed by atoms with E-state index in [0.717, 1.165) is 23.4 Å². The number of carbonyl (C=O) groups excluding carboxylic acids is 1. The largest absolute Gasteiger partial charge is 0.478 e. The van der Waals surface area contributed by atoms with Crippen molar-refractivity contribution in [3.05, 3.63) is 51.4 Å². The van der Waals surface area contributed by atoms with Crippen LogP contribution in [0.3, 0.4) is 0 Å². The number of benzene rings is 1. The van der Waals surface area contributed by atoms with Crippen LogP contribution in [-0.2, 0) is 17.6 Å². The van der Waals surface area contributed by atoms with Crippen molar-refractivity contribution in [1.29, 1.82) is 0 Å². The highest BCUT2D eigenvalue weighted by molar-refractivity contribution is 7.16. The first kappa shape index (κ1) is 14.5. The number of thiophene rings is 1. The Bertz CT molecular complexity index is 791. The minimum atomic E-state index is -0.925. The first-order valence-electron chi connectivity index (χ1n) is 7.91. The van der Waals surface area contributed by atoms with Gasteiger partial charge in [0.2, 0.25) is 5.91 Å². The quantitative estimate of drug-likeness (QED) is 0.881. The van der Waals surface area contributed by atoms with Crippen LogP contribution in [-0.4, -0.2) is 17.0 Å². The molecule has 0 unspecified atom stereocenters. The van der Waals surface area contributed by atoms with Gasteiger partial charge in [-0.2, -0.15) is 0 Å². The van der Waals surface area contributed by atoms with Gasteiger partial charge in [-0.15, -0.1) is 11.3 Å². The molecule has 1 aliphatic carbocycles. The Morgan fingerprint density at radius 2 is 1.91 bits per heavy atom. The summed E-state index contributed by atoms with van der Waals surface area (Å²) in [5.41, 5.74) is 4.00. The zero-order valence-electron chi connectivity index (χ0n) is 12.6. The predicted molar refractivity (Wildman–Crippen MR) is 89.5 cm³/mol. The molecule has 1 aromatic carbocycles. The Balaban J connectivity index is 1.79. The number of rotatable bonds is 2. The van der Waals surface area contributed by atoms with Gasteiger partial charge in [-0.1, -0.05) is 12.1 Å². The molecule has 118 valence electrons. The maximum atomic E-state index is 12.1. The molecule has 1 atom stereocenters.